The zero-order valence-corrected chi connectivity index (χ0v) is 15.0. The molecule has 0 spiro atoms. The van der Waals surface area contributed by atoms with E-state index < -0.39 is 0 Å². The van der Waals surface area contributed by atoms with Crippen LogP contribution in [0.5, 0.6) is 0 Å². The predicted molar refractivity (Wildman–Crippen MR) is 102 cm³/mol. The van der Waals surface area contributed by atoms with Crippen molar-refractivity contribution >= 4 is 34.4 Å². The van der Waals surface area contributed by atoms with Crippen LogP contribution in [0.4, 0.5) is 5.69 Å². The average Bonchev–Trinajstić information content (AvgIpc) is 3.16. The fraction of sp³-hybridized carbons (Fsp3) is 0.444. The van der Waals surface area contributed by atoms with Crippen LogP contribution in [0, 0.1) is 0 Å². The van der Waals surface area contributed by atoms with Crippen LogP contribution >= 0.6 is 11.8 Å². The third-order valence-corrected chi connectivity index (χ3v) is 5.96. The number of nitrogens with zero attached hydrogens (tertiary/aromatic N) is 3. The number of hydrogen-bond donors (Lipinski definition) is 2. The summed E-state index contributed by atoms with van der Waals surface area (Å²) in [5.74, 6) is 1.02. The molecule has 2 aliphatic rings. The Bertz CT molecular complexity index is 802. The molecule has 2 aromatic rings. The highest BCUT2D eigenvalue weighted by Crippen LogP contribution is 2.32. The molecule has 25 heavy (non-hydrogen) atoms. The molecular formula is C18H23N5OS. The second-order valence-electron chi connectivity index (χ2n) is 6.49. The van der Waals surface area contributed by atoms with Gasteiger partial charge in [-0.3, -0.25) is 4.79 Å². The van der Waals surface area contributed by atoms with Gasteiger partial charge < -0.3 is 20.5 Å². The van der Waals surface area contributed by atoms with Crippen LogP contribution in [-0.4, -0.2) is 52.2 Å². The molecule has 0 aromatic carbocycles. The first-order valence-electron chi connectivity index (χ1n) is 8.82. The molecule has 1 amide bonds. The number of amides is 1. The lowest BCUT2D eigenvalue weighted by Crippen LogP contribution is -2.48. The smallest absolute Gasteiger partial charge is 0.262 e. The van der Waals surface area contributed by atoms with Crippen LogP contribution in [0.3, 0.4) is 0 Å². The van der Waals surface area contributed by atoms with Crippen molar-refractivity contribution in [1.29, 1.82) is 0 Å². The number of nitrogens with two attached hydrogens (primary N) is 1. The fourth-order valence-electron chi connectivity index (χ4n) is 3.66. The van der Waals surface area contributed by atoms with Crippen molar-refractivity contribution in [2.24, 2.45) is 5.73 Å². The van der Waals surface area contributed by atoms with Crippen molar-refractivity contribution in [3.8, 4) is 0 Å². The number of hydrogen-bond acceptors (Lipinski definition) is 5. The quantitative estimate of drug-likeness (QED) is 0.881. The number of aromatic nitrogens is 2. The summed E-state index contributed by atoms with van der Waals surface area (Å²) < 4.78 is 0. The maximum atomic E-state index is 13.0. The van der Waals surface area contributed by atoms with Gasteiger partial charge in [0.15, 0.2) is 0 Å². The summed E-state index contributed by atoms with van der Waals surface area (Å²) in [5.41, 5.74) is 7.85. The van der Waals surface area contributed by atoms with Gasteiger partial charge in [-0.05, 0) is 31.4 Å². The molecular weight excluding hydrogens is 334 g/mol. The highest BCUT2D eigenvalue weighted by atomic mass is 32.2. The van der Waals surface area contributed by atoms with E-state index in [9.17, 15) is 4.79 Å². The van der Waals surface area contributed by atoms with Crippen LogP contribution in [-0.2, 0) is 4.79 Å². The molecule has 0 bridgehead atoms. The Morgan fingerprint density at radius 3 is 3.16 bits per heavy atom. The van der Waals surface area contributed by atoms with Crippen molar-refractivity contribution in [2.75, 3.05) is 30.3 Å². The molecule has 2 aromatic heterocycles. The number of H-pyrrole nitrogens is 1. The molecule has 1 saturated heterocycles. The molecule has 3 N–H and O–H groups in total. The van der Waals surface area contributed by atoms with E-state index in [1.54, 1.807) is 18.0 Å². The standard InChI is InChI=1S/C18H23N5OS/c19-11-13-3-1-2-8-23(13)18(24)16-12-22(9-10-25-16)15-5-7-21-17-14(15)4-6-20-17/h4-7,12-13H,1-3,8-11,19H2,(H,20,21). The highest BCUT2D eigenvalue weighted by molar-refractivity contribution is 8.04. The molecule has 1 unspecified atom stereocenters. The molecule has 4 heterocycles. The zero-order valence-electron chi connectivity index (χ0n) is 14.1. The largest absolute Gasteiger partial charge is 0.346 e. The lowest BCUT2D eigenvalue weighted by atomic mass is 10.0. The topological polar surface area (TPSA) is 78.2 Å². The van der Waals surface area contributed by atoms with Crippen LogP contribution in [0.2, 0.25) is 0 Å². The Morgan fingerprint density at radius 2 is 2.28 bits per heavy atom. The third-order valence-electron chi connectivity index (χ3n) is 4.98. The Hall–Kier alpha value is -1.99. The van der Waals surface area contributed by atoms with Gasteiger partial charge in [-0.25, -0.2) is 4.98 Å². The zero-order chi connectivity index (χ0) is 17.2. The van der Waals surface area contributed by atoms with E-state index in [1.165, 1.54) is 0 Å². The second-order valence-corrected chi connectivity index (χ2v) is 7.63. The summed E-state index contributed by atoms with van der Waals surface area (Å²) >= 11 is 1.65. The summed E-state index contributed by atoms with van der Waals surface area (Å²) in [6.07, 6.45) is 8.94. The summed E-state index contributed by atoms with van der Waals surface area (Å²) in [4.78, 5) is 25.5. The van der Waals surface area contributed by atoms with Crippen LogP contribution < -0.4 is 10.6 Å². The molecule has 1 fully saturated rings. The summed E-state index contributed by atoms with van der Waals surface area (Å²) in [6.45, 7) is 2.24. The number of carbonyl (C=O) groups is 1. The molecule has 7 heteroatoms. The van der Waals surface area contributed by atoms with Gasteiger partial charge in [0.25, 0.3) is 5.91 Å². The Morgan fingerprint density at radius 1 is 1.36 bits per heavy atom. The minimum absolute atomic E-state index is 0.129. The SMILES string of the molecule is NCC1CCCCN1C(=O)C1=CN(c2ccnc3[nH]ccc23)CCS1. The van der Waals surface area contributed by atoms with Gasteiger partial charge in [0.1, 0.15) is 5.65 Å². The van der Waals surface area contributed by atoms with Gasteiger partial charge in [0.05, 0.1) is 10.6 Å². The molecule has 6 nitrogen and oxygen atoms in total. The molecule has 132 valence electrons. The van der Waals surface area contributed by atoms with E-state index in [0.717, 1.165) is 59.7 Å². The highest BCUT2D eigenvalue weighted by Gasteiger charge is 2.29. The second kappa shape index (κ2) is 7.09. The normalized spacial score (nSPS) is 21.5. The summed E-state index contributed by atoms with van der Waals surface area (Å²) in [5, 5.41) is 1.08. The van der Waals surface area contributed by atoms with Crippen molar-refractivity contribution in [1.82, 2.24) is 14.9 Å². The van der Waals surface area contributed by atoms with Crippen molar-refractivity contribution in [3.63, 3.8) is 0 Å². The minimum atomic E-state index is 0.129. The lowest BCUT2D eigenvalue weighted by Gasteiger charge is -2.36. The van der Waals surface area contributed by atoms with E-state index in [1.807, 2.05) is 29.4 Å². The van der Waals surface area contributed by atoms with Gasteiger partial charge in [0.2, 0.25) is 0 Å². The molecule has 0 radical (unpaired) electrons. The van der Waals surface area contributed by atoms with Crippen LogP contribution in [0.1, 0.15) is 19.3 Å². The lowest BCUT2D eigenvalue weighted by molar-refractivity contribution is -0.129. The number of anilines is 1. The number of aromatic amines is 1. The third kappa shape index (κ3) is 3.14. The molecule has 1 atom stereocenters. The van der Waals surface area contributed by atoms with Crippen LogP contribution in [0.25, 0.3) is 11.0 Å². The average molecular weight is 357 g/mol. The minimum Gasteiger partial charge on any atom is -0.346 e. The summed E-state index contributed by atoms with van der Waals surface area (Å²) in [6, 6.07) is 4.22. The molecule has 0 saturated carbocycles. The van der Waals surface area contributed by atoms with E-state index in [-0.39, 0.29) is 11.9 Å². The van der Waals surface area contributed by atoms with Crippen molar-refractivity contribution in [3.05, 3.63) is 35.6 Å². The van der Waals surface area contributed by atoms with E-state index >= 15 is 0 Å². The fourth-order valence-corrected chi connectivity index (χ4v) is 4.61. The monoisotopic (exact) mass is 357 g/mol. The first-order valence-corrected chi connectivity index (χ1v) is 9.81. The van der Waals surface area contributed by atoms with Gasteiger partial charge >= 0.3 is 0 Å². The van der Waals surface area contributed by atoms with Gasteiger partial charge in [-0.1, -0.05) is 0 Å². The van der Waals surface area contributed by atoms with E-state index in [0.29, 0.717) is 6.54 Å². The van der Waals surface area contributed by atoms with E-state index in [4.69, 9.17) is 5.73 Å². The van der Waals surface area contributed by atoms with Gasteiger partial charge in [-0.15, -0.1) is 11.8 Å². The maximum absolute atomic E-state index is 13.0. The van der Waals surface area contributed by atoms with Crippen molar-refractivity contribution in [2.45, 2.75) is 25.3 Å². The first-order chi connectivity index (χ1) is 12.3. The summed E-state index contributed by atoms with van der Waals surface area (Å²) in [7, 11) is 0. The number of likely N-dealkylation sites (tertiary alicyclic amines) is 1. The van der Waals surface area contributed by atoms with Crippen LogP contribution in [0.15, 0.2) is 35.6 Å². The van der Waals surface area contributed by atoms with Gasteiger partial charge in [0, 0.05) is 55.4 Å². The molecule has 2 aliphatic heterocycles. The number of pyridine rings is 1. The number of rotatable bonds is 3. The first kappa shape index (κ1) is 16.5. The van der Waals surface area contributed by atoms with Crippen molar-refractivity contribution < 1.29 is 4.79 Å². The Kier molecular flexibility index (Phi) is 4.67. The number of fused-ring (bicyclic) bond motifs is 1. The number of piperidine rings is 1. The molecule has 4 rings (SSSR count). The number of thioether (sulfide) groups is 1. The Balaban J connectivity index is 1.62. The predicted octanol–water partition coefficient (Wildman–Crippen LogP) is 2.30. The Labute approximate surface area is 151 Å². The number of nitrogens with one attached hydrogen (secondary N) is 1. The van der Waals surface area contributed by atoms with E-state index in [2.05, 4.69) is 14.9 Å². The molecule has 0 aliphatic carbocycles. The number of carbonyl (C=O) groups excluding carboxylic acids is 1. The maximum Gasteiger partial charge on any atom is 0.262 e. The van der Waals surface area contributed by atoms with Gasteiger partial charge in [-0.2, -0.15) is 0 Å².